The first-order valence-electron chi connectivity index (χ1n) is 8.14. The first-order chi connectivity index (χ1) is 12.2. The Morgan fingerprint density at radius 2 is 1.84 bits per heavy atom. The van der Waals surface area contributed by atoms with E-state index in [0.29, 0.717) is 19.0 Å². The molecular formula is C20H19NO3S. The summed E-state index contributed by atoms with van der Waals surface area (Å²) in [6.45, 7) is 2.92. The zero-order valence-electron chi connectivity index (χ0n) is 13.8. The van der Waals surface area contributed by atoms with Crippen molar-refractivity contribution in [1.29, 1.82) is 0 Å². The summed E-state index contributed by atoms with van der Waals surface area (Å²) in [5, 5.41) is 0. The molecule has 0 bridgehead atoms. The maximum Gasteiger partial charge on any atom is 0.336 e. The van der Waals surface area contributed by atoms with Crippen molar-refractivity contribution in [2.45, 2.75) is 0 Å². The van der Waals surface area contributed by atoms with Gasteiger partial charge >= 0.3 is 5.97 Å². The van der Waals surface area contributed by atoms with Gasteiger partial charge in [0, 0.05) is 24.7 Å². The Balaban J connectivity index is 1.64. The van der Waals surface area contributed by atoms with Crippen molar-refractivity contribution in [1.82, 2.24) is 4.90 Å². The van der Waals surface area contributed by atoms with Crippen LogP contribution in [0.5, 0.6) is 5.75 Å². The fraction of sp³-hybridized carbons (Fsp3) is 0.200. The van der Waals surface area contributed by atoms with Crippen LogP contribution in [0.25, 0.3) is 6.08 Å². The van der Waals surface area contributed by atoms with Crippen molar-refractivity contribution in [3.8, 4) is 5.75 Å². The fourth-order valence-electron chi connectivity index (χ4n) is 2.52. The number of hydrogen-bond acceptors (Lipinski definition) is 4. The standard InChI is InChI=1S/C20H19NO3S/c22-19(10-9-16-5-2-1-3-6-16)24-18-8-4-7-17(15-18)20(25)21-11-13-23-14-12-21/h1-10,15H,11-14H2/b10-9-. The van der Waals surface area contributed by atoms with Gasteiger partial charge in [-0.2, -0.15) is 0 Å². The molecule has 0 aliphatic carbocycles. The van der Waals surface area contributed by atoms with Crippen LogP contribution >= 0.6 is 12.2 Å². The SMILES string of the molecule is O=C(/C=C\c1ccccc1)Oc1cccc(C(=S)N2CCOCC2)c1. The van der Waals surface area contributed by atoms with Gasteiger partial charge in [0.05, 0.1) is 13.2 Å². The average molecular weight is 353 g/mol. The average Bonchev–Trinajstić information content (AvgIpc) is 2.67. The number of esters is 1. The fourth-order valence-corrected chi connectivity index (χ4v) is 2.83. The number of carbonyl (C=O) groups is 1. The topological polar surface area (TPSA) is 38.8 Å². The second-order valence-corrected chi connectivity index (χ2v) is 5.98. The van der Waals surface area contributed by atoms with Gasteiger partial charge in [0.25, 0.3) is 0 Å². The second kappa shape index (κ2) is 8.55. The molecule has 4 nitrogen and oxygen atoms in total. The predicted molar refractivity (Wildman–Crippen MR) is 102 cm³/mol. The zero-order valence-corrected chi connectivity index (χ0v) is 14.6. The van der Waals surface area contributed by atoms with Gasteiger partial charge in [-0.1, -0.05) is 54.7 Å². The number of thiocarbonyl (C=S) groups is 1. The highest BCUT2D eigenvalue weighted by Crippen LogP contribution is 2.17. The minimum Gasteiger partial charge on any atom is -0.423 e. The molecular weight excluding hydrogens is 334 g/mol. The number of ether oxygens (including phenoxy) is 2. The molecule has 0 aromatic heterocycles. The summed E-state index contributed by atoms with van der Waals surface area (Å²) in [5.41, 5.74) is 1.82. The van der Waals surface area contributed by atoms with E-state index in [1.54, 1.807) is 18.2 Å². The number of hydrogen-bond donors (Lipinski definition) is 0. The summed E-state index contributed by atoms with van der Waals surface area (Å²) in [4.78, 5) is 14.9. The summed E-state index contributed by atoms with van der Waals surface area (Å²) >= 11 is 5.54. The molecule has 3 rings (SSSR count). The maximum atomic E-state index is 12.0. The lowest BCUT2D eigenvalue weighted by Gasteiger charge is -2.29. The molecule has 25 heavy (non-hydrogen) atoms. The highest BCUT2D eigenvalue weighted by Gasteiger charge is 2.15. The maximum absolute atomic E-state index is 12.0. The van der Waals surface area contributed by atoms with Crippen molar-refractivity contribution >= 4 is 29.3 Å². The lowest BCUT2D eigenvalue weighted by Crippen LogP contribution is -2.40. The Bertz CT molecular complexity index is 768. The van der Waals surface area contributed by atoms with E-state index in [4.69, 9.17) is 21.7 Å². The van der Waals surface area contributed by atoms with E-state index in [9.17, 15) is 4.79 Å². The molecule has 1 aliphatic heterocycles. The lowest BCUT2D eigenvalue weighted by molar-refractivity contribution is -0.128. The van der Waals surface area contributed by atoms with Gasteiger partial charge in [-0.15, -0.1) is 0 Å². The highest BCUT2D eigenvalue weighted by molar-refractivity contribution is 7.80. The van der Waals surface area contributed by atoms with Crippen LogP contribution < -0.4 is 4.74 Å². The van der Waals surface area contributed by atoms with Crippen LogP contribution in [-0.4, -0.2) is 42.2 Å². The molecule has 1 saturated heterocycles. The van der Waals surface area contributed by atoms with Gasteiger partial charge in [-0.3, -0.25) is 0 Å². The largest absolute Gasteiger partial charge is 0.423 e. The van der Waals surface area contributed by atoms with Gasteiger partial charge < -0.3 is 14.4 Å². The van der Waals surface area contributed by atoms with Crippen LogP contribution in [0.2, 0.25) is 0 Å². The van der Waals surface area contributed by atoms with Gasteiger partial charge in [-0.25, -0.2) is 4.79 Å². The molecule has 128 valence electrons. The molecule has 0 spiro atoms. The molecule has 0 N–H and O–H groups in total. The molecule has 1 aliphatic rings. The first kappa shape index (κ1) is 17.3. The third kappa shape index (κ3) is 4.98. The van der Waals surface area contributed by atoms with Crippen LogP contribution in [0.1, 0.15) is 11.1 Å². The molecule has 0 atom stereocenters. The third-order valence-corrected chi connectivity index (χ3v) is 4.30. The number of benzene rings is 2. The summed E-state index contributed by atoms with van der Waals surface area (Å²) < 4.78 is 10.7. The smallest absolute Gasteiger partial charge is 0.336 e. The highest BCUT2D eigenvalue weighted by atomic mass is 32.1. The first-order valence-corrected chi connectivity index (χ1v) is 8.55. The van der Waals surface area contributed by atoms with Gasteiger partial charge in [0.15, 0.2) is 0 Å². The van der Waals surface area contributed by atoms with Crippen molar-refractivity contribution < 1.29 is 14.3 Å². The lowest BCUT2D eigenvalue weighted by atomic mass is 10.2. The van der Waals surface area contributed by atoms with E-state index < -0.39 is 5.97 Å². The number of carbonyl (C=O) groups excluding carboxylic acids is 1. The molecule has 2 aromatic rings. The molecule has 0 amide bonds. The van der Waals surface area contributed by atoms with E-state index in [2.05, 4.69) is 4.90 Å². The van der Waals surface area contributed by atoms with Gasteiger partial charge in [0.2, 0.25) is 0 Å². The quantitative estimate of drug-likeness (QED) is 0.365. The van der Waals surface area contributed by atoms with E-state index in [0.717, 1.165) is 29.2 Å². The number of rotatable bonds is 4. The minimum absolute atomic E-state index is 0.418. The molecule has 0 radical (unpaired) electrons. The van der Waals surface area contributed by atoms with E-state index in [1.807, 2.05) is 42.5 Å². The van der Waals surface area contributed by atoms with Crippen molar-refractivity contribution in [3.63, 3.8) is 0 Å². The molecule has 5 heteroatoms. The van der Waals surface area contributed by atoms with Crippen LogP contribution in [0.3, 0.4) is 0 Å². The molecule has 1 fully saturated rings. The summed E-state index contributed by atoms with van der Waals surface area (Å²) in [6.07, 6.45) is 3.15. The van der Waals surface area contributed by atoms with Crippen LogP contribution in [0, 0.1) is 0 Å². The Hall–Kier alpha value is -2.50. The Morgan fingerprint density at radius 3 is 2.60 bits per heavy atom. The Kier molecular flexibility index (Phi) is 5.93. The van der Waals surface area contributed by atoms with E-state index in [-0.39, 0.29) is 0 Å². The second-order valence-electron chi connectivity index (χ2n) is 5.60. The van der Waals surface area contributed by atoms with E-state index in [1.165, 1.54) is 6.08 Å². The van der Waals surface area contributed by atoms with Gasteiger partial charge in [-0.05, 0) is 23.8 Å². The zero-order chi connectivity index (χ0) is 17.5. The predicted octanol–water partition coefficient (Wildman–Crippen LogP) is 3.31. The summed E-state index contributed by atoms with van der Waals surface area (Å²) in [7, 11) is 0. The monoisotopic (exact) mass is 353 g/mol. The molecule has 1 heterocycles. The molecule has 2 aromatic carbocycles. The third-order valence-electron chi connectivity index (χ3n) is 3.81. The molecule has 0 saturated carbocycles. The van der Waals surface area contributed by atoms with Crippen molar-refractivity contribution in [2.24, 2.45) is 0 Å². The van der Waals surface area contributed by atoms with Gasteiger partial charge in [0.1, 0.15) is 10.7 Å². The summed E-state index contributed by atoms with van der Waals surface area (Å²) in [5.74, 6) is 0.0640. The van der Waals surface area contributed by atoms with Crippen LogP contribution in [0.15, 0.2) is 60.7 Å². The normalized spacial score (nSPS) is 14.5. The van der Waals surface area contributed by atoms with Crippen molar-refractivity contribution in [3.05, 3.63) is 71.8 Å². The van der Waals surface area contributed by atoms with Crippen molar-refractivity contribution in [2.75, 3.05) is 26.3 Å². The Labute approximate surface area is 152 Å². The van der Waals surface area contributed by atoms with Crippen LogP contribution in [-0.2, 0) is 9.53 Å². The molecule has 0 unspecified atom stereocenters. The van der Waals surface area contributed by atoms with Crippen LogP contribution in [0.4, 0.5) is 0 Å². The number of morpholine rings is 1. The van der Waals surface area contributed by atoms with E-state index >= 15 is 0 Å². The number of nitrogens with zero attached hydrogens (tertiary/aromatic N) is 1. The minimum atomic E-state index is -0.418. The summed E-state index contributed by atoms with van der Waals surface area (Å²) in [6, 6.07) is 16.9. The Morgan fingerprint density at radius 1 is 1.08 bits per heavy atom.